The van der Waals surface area contributed by atoms with Gasteiger partial charge in [0.25, 0.3) is 0 Å². The maximum Gasteiger partial charge on any atom is 0.216 e. The zero-order valence-corrected chi connectivity index (χ0v) is 8.95. The zero-order chi connectivity index (χ0) is 12.0. The lowest BCUT2D eigenvalue weighted by molar-refractivity contribution is -0.118. The Morgan fingerprint density at radius 3 is 2.75 bits per heavy atom. The highest BCUT2D eigenvalue weighted by molar-refractivity contribution is 5.72. The average Bonchev–Trinajstić information content (AvgIpc) is 2.22. The second-order valence-corrected chi connectivity index (χ2v) is 3.24. The molecule has 1 aromatic carbocycles. The van der Waals surface area contributed by atoms with Gasteiger partial charge in [-0.1, -0.05) is 11.8 Å². The molecule has 3 N–H and O–H groups in total. The Morgan fingerprint density at radius 2 is 2.12 bits per heavy atom. The standard InChI is InChI=1S/C12H13NO3/c1-9(14)13-7-3-2-4-10-5-6-11(15)12(16)8-10/h5-6,8,15-16H,3,7H2,1H3,(H,13,14). The first kappa shape index (κ1) is 11.9. The zero-order valence-electron chi connectivity index (χ0n) is 8.95. The van der Waals surface area contributed by atoms with Gasteiger partial charge in [-0.05, 0) is 18.2 Å². The number of phenolic OH excluding ortho intramolecular Hbond substituents is 2. The van der Waals surface area contributed by atoms with Crippen molar-refractivity contribution in [3.8, 4) is 23.3 Å². The molecule has 0 saturated heterocycles. The van der Waals surface area contributed by atoms with E-state index in [1.165, 1.54) is 19.1 Å². The maximum absolute atomic E-state index is 10.5. The van der Waals surface area contributed by atoms with Gasteiger partial charge in [0.15, 0.2) is 11.5 Å². The van der Waals surface area contributed by atoms with Gasteiger partial charge >= 0.3 is 0 Å². The minimum Gasteiger partial charge on any atom is -0.504 e. The van der Waals surface area contributed by atoms with Gasteiger partial charge in [0.1, 0.15) is 0 Å². The molecule has 4 nitrogen and oxygen atoms in total. The lowest BCUT2D eigenvalue weighted by atomic mass is 10.2. The number of phenols is 2. The summed E-state index contributed by atoms with van der Waals surface area (Å²) in [6.07, 6.45) is 0.543. The molecule has 0 radical (unpaired) electrons. The quantitative estimate of drug-likeness (QED) is 0.394. The molecule has 1 aromatic rings. The van der Waals surface area contributed by atoms with Gasteiger partial charge in [0.2, 0.25) is 5.91 Å². The minimum atomic E-state index is -0.186. The summed E-state index contributed by atoms with van der Waals surface area (Å²) in [6.45, 7) is 1.96. The Labute approximate surface area is 93.9 Å². The fourth-order valence-corrected chi connectivity index (χ4v) is 1.07. The first-order chi connectivity index (χ1) is 7.59. The van der Waals surface area contributed by atoms with Gasteiger partial charge < -0.3 is 15.5 Å². The number of hydrogen-bond acceptors (Lipinski definition) is 3. The molecular weight excluding hydrogens is 206 g/mol. The van der Waals surface area contributed by atoms with Crippen molar-refractivity contribution in [2.75, 3.05) is 6.54 Å². The fourth-order valence-electron chi connectivity index (χ4n) is 1.07. The molecule has 0 unspecified atom stereocenters. The van der Waals surface area contributed by atoms with Gasteiger partial charge in [0.05, 0.1) is 0 Å². The van der Waals surface area contributed by atoms with Crippen molar-refractivity contribution >= 4 is 5.91 Å². The predicted octanol–water partition coefficient (Wildman–Crippen LogP) is 0.975. The van der Waals surface area contributed by atoms with E-state index >= 15 is 0 Å². The van der Waals surface area contributed by atoms with E-state index in [2.05, 4.69) is 17.2 Å². The lowest BCUT2D eigenvalue weighted by Crippen LogP contribution is -2.20. The fraction of sp³-hybridized carbons (Fsp3) is 0.250. The molecule has 0 saturated carbocycles. The van der Waals surface area contributed by atoms with Gasteiger partial charge in [-0.2, -0.15) is 0 Å². The summed E-state index contributed by atoms with van der Waals surface area (Å²) >= 11 is 0. The second kappa shape index (κ2) is 5.66. The number of hydrogen-bond donors (Lipinski definition) is 3. The second-order valence-electron chi connectivity index (χ2n) is 3.24. The van der Waals surface area contributed by atoms with Crippen molar-refractivity contribution in [3.05, 3.63) is 23.8 Å². The van der Waals surface area contributed by atoms with Crippen LogP contribution in [0.1, 0.15) is 18.9 Å². The monoisotopic (exact) mass is 219 g/mol. The number of benzene rings is 1. The van der Waals surface area contributed by atoms with E-state index in [4.69, 9.17) is 5.11 Å². The van der Waals surface area contributed by atoms with Crippen molar-refractivity contribution in [1.82, 2.24) is 5.32 Å². The van der Waals surface area contributed by atoms with Crippen LogP contribution in [0.15, 0.2) is 18.2 Å². The lowest BCUT2D eigenvalue weighted by Gasteiger charge is -1.97. The topological polar surface area (TPSA) is 69.6 Å². The summed E-state index contributed by atoms with van der Waals surface area (Å²) in [5.41, 5.74) is 0.623. The van der Waals surface area contributed by atoms with Crippen molar-refractivity contribution in [2.45, 2.75) is 13.3 Å². The summed E-state index contributed by atoms with van der Waals surface area (Å²) in [5.74, 6) is 5.23. The summed E-state index contributed by atoms with van der Waals surface area (Å²) in [6, 6.07) is 4.38. The van der Waals surface area contributed by atoms with Crippen molar-refractivity contribution < 1.29 is 15.0 Å². The van der Waals surface area contributed by atoms with Crippen LogP contribution in [0, 0.1) is 11.8 Å². The van der Waals surface area contributed by atoms with Gasteiger partial charge in [0, 0.05) is 25.5 Å². The Kier molecular flexibility index (Phi) is 4.22. The number of amides is 1. The molecule has 16 heavy (non-hydrogen) atoms. The van der Waals surface area contributed by atoms with Crippen LogP contribution in [0.25, 0.3) is 0 Å². The van der Waals surface area contributed by atoms with Gasteiger partial charge in [-0.3, -0.25) is 4.79 Å². The summed E-state index contributed by atoms with van der Waals surface area (Å²) < 4.78 is 0. The van der Waals surface area contributed by atoms with E-state index in [0.717, 1.165) is 0 Å². The van der Waals surface area contributed by atoms with Crippen LogP contribution in [0.4, 0.5) is 0 Å². The largest absolute Gasteiger partial charge is 0.504 e. The number of carbonyl (C=O) groups excluding carboxylic acids is 1. The van der Waals surface area contributed by atoms with E-state index in [-0.39, 0.29) is 17.4 Å². The molecule has 0 aromatic heterocycles. The van der Waals surface area contributed by atoms with E-state index < -0.39 is 0 Å². The third kappa shape index (κ3) is 3.93. The SMILES string of the molecule is CC(=O)NCCC#Cc1ccc(O)c(O)c1. The number of nitrogens with one attached hydrogen (secondary N) is 1. The number of carbonyl (C=O) groups is 1. The van der Waals surface area contributed by atoms with E-state index in [9.17, 15) is 9.90 Å². The summed E-state index contributed by atoms with van der Waals surface area (Å²) in [5, 5.41) is 20.9. The number of aromatic hydroxyl groups is 2. The van der Waals surface area contributed by atoms with Crippen LogP contribution in [-0.2, 0) is 4.79 Å². The molecule has 84 valence electrons. The molecule has 0 aliphatic carbocycles. The average molecular weight is 219 g/mol. The number of rotatable bonds is 2. The van der Waals surface area contributed by atoms with Crippen LogP contribution in [0.5, 0.6) is 11.5 Å². The molecular formula is C12H13NO3. The maximum atomic E-state index is 10.5. The smallest absolute Gasteiger partial charge is 0.216 e. The van der Waals surface area contributed by atoms with Crippen LogP contribution in [0.2, 0.25) is 0 Å². The third-order valence-electron chi connectivity index (χ3n) is 1.83. The highest BCUT2D eigenvalue weighted by atomic mass is 16.3. The molecule has 0 heterocycles. The molecule has 0 spiro atoms. The summed E-state index contributed by atoms with van der Waals surface area (Å²) in [7, 11) is 0. The molecule has 0 aliphatic rings. The van der Waals surface area contributed by atoms with Crippen molar-refractivity contribution in [2.24, 2.45) is 0 Å². The van der Waals surface area contributed by atoms with Gasteiger partial charge in [-0.15, -0.1) is 0 Å². The van der Waals surface area contributed by atoms with Crippen LogP contribution >= 0.6 is 0 Å². The highest BCUT2D eigenvalue weighted by Gasteiger charge is 1.97. The van der Waals surface area contributed by atoms with Crippen molar-refractivity contribution in [3.63, 3.8) is 0 Å². The Bertz CT molecular complexity index is 443. The molecule has 0 bridgehead atoms. The minimum absolute atomic E-state index is 0.0796. The predicted molar refractivity (Wildman–Crippen MR) is 60.0 cm³/mol. The molecule has 1 rings (SSSR count). The molecule has 0 fully saturated rings. The van der Waals surface area contributed by atoms with Crippen LogP contribution in [0.3, 0.4) is 0 Å². The Balaban J connectivity index is 2.50. The van der Waals surface area contributed by atoms with E-state index in [1.807, 2.05) is 0 Å². The molecule has 0 atom stereocenters. The summed E-state index contributed by atoms with van der Waals surface area (Å²) in [4.78, 5) is 10.5. The van der Waals surface area contributed by atoms with Crippen molar-refractivity contribution in [1.29, 1.82) is 0 Å². The van der Waals surface area contributed by atoms with E-state index in [1.54, 1.807) is 6.07 Å². The third-order valence-corrected chi connectivity index (χ3v) is 1.83. The van der Waals surface area contributed by atoms with Crippen LogP contribution < -0.4 is 5.32 Å². The Morgan fingerprint density at radius 1 is 1.38 bits per heavy atom. The van der Waals surface area contributed by atoms with E-state index in [0.29, 0.717) is 18.5 Å². The first-order valence-electron chi connectivity index (χ1n) is 4.85. The van der Waals surface area contributed by atoms with Crippen LogP contribution in [-0.4, -0.2) is 22.7 Å². The normalized spacial score (nSPS) is 9.06. The highest BCUT2D eigenvalue weighted by Crippen LogP contribution is 2.24. The first-order valence-corrected chi connectivity index (χ1v) is 4.85. The van der Waals surface area contributed by atoms with Gasteiger partial charge in [-0.25, -0.2) is 0 Å². The molecule has 4 heteroatoms. The molecule has 0 aliphatic heterocycles. The molecule has 1 amide bonds. The Hall–Kier alpha value is -2.15.